The SMILES string of the molecule is O=C(N[C@@H]1CCCC[C@H]1N1Cc2ccc(-c3nnc(C(F)F)o3)cc2C1=O)C1CC12CCC2. The summed E-state index contributed by atoms with van der Waals surface area (Å²) in [5, 5.41) is 10.3. The zero-order valence-corrected chi connectivity index (χ0v) is 18.2. The van der Waals surface area contributed by atoms with Gasteiger partial charge in [0.05, 0.1) is 6.04 Å². The molecule has 1 aliphatic heterocycles. The Morgan fingerprint density at radius 3 is 2.70 bits per heavy atom. The van der Waals surface area contributed by atoms with Gasteiger partial charge in [-0.05, 0) is 55.2 Å². The van der Waals surface area contributed by atoms with Gasteiger partial charge >= 0.3 is 6.43 Å². The van der Waals surface area contributed by atoms with Gasteiger partial charge in [0.1, 0.15) is 0 Å². The molecule has 4 aliphatic rings. The van der Waals surface area contributed by atoms with Crippen molar-refractivity contribution in [2.24, 2.45) is 11.3 Å². The summed E-state index contributed by atoms with van der Waals surface area (Å²) in [6.45, 7) is 0.477. The summed E-state index contributed by atoms with van der Waals surface area (Å²) in [6, 6.07) is 5.09. The zero-order chi connectivity index (χ0) is 22.7. The first-order valence-electron chi connectivity index (χ1n) is 11.8. The van der Waals surface area contributed by atoms with E-state index in [1.54, 1.807) is 12.1 Å². The van der Waals surface area contributed by atoms with Crippen LogP contribution in [-0.4, -0.2) is 39.0 Å². The van der Waals surface area contributed by atoms with E-state index in [2.05, 4.69) is 15.5 Å². The van der Waals surface area contributed by atoms with Gasteiger partial charge in [-0.1, -0.05) is 25.3 Å². The highest BCUT2D eigenvalue weighted by Crippen LogP contribution is 2.65. The number of halogens is 2. The molecule has 1 aromatic heterocycles. The van der Waals surface area contributed by atoms with Crippen molar-refractivity contribution >= 4 is 11.8 Å². The maximum atomic E-state index is 13.4. The summed E-state index contributed by atoms with van der Waals surface area (Å²) in [4.78, 5) is 28.1. The highest BCUT2D eigenvalue weighted by atomic mass is 19.3. The molecule has 0 radical (unpaired) electrons. The molecule has 2 heterocycles. The molecule has 1 unspecified atom stereocenters. The first-order valence-corrected chi connectivity index (χ1v) is 11.8. The number of amides is 2. The highest BCUT2D eigenvalue weighted by Gasteiger charge is 2.61. The Labute approximate surface area is 189 Å². The number of rotatable bonds is 5. The molecule has 2 amide bonds. The molecule has 3 aliphatic carbocycles. The molecule has 1 N–H and O–H groups in total. The van der Waals surface area contributed by atoms with E-state index in [0.29, 0.717) is 17.7 Å². The Morgan fingerprint density at radius 2 is 2.00 bits per heavy atom. The number of benzene rings is 1. The molecule has 33 heavy (non-hydrogen) atoms. The number of carbonyl (C=O) groups is 2. The van der Waals surface area contributed by atoms with E-state index in [1.165, 1.54) is 19.3 Å². The topological polar surface area (TPSA) is 88.3 Å². The van der Waals surface area contributed by atoms with Crippen molar-refractivity contribution in [1.29, 1.82) is 0 Å². The van der Waals surface area contributed by atoms with Gasteiger partial charge in [-0.3, -0.25) is 9.59 Å². The van der Waals surface area contributed by atoms with Crippen LogP contribution in [0.5, 0.6) is 0 Å². The smallest absolute Gasteiger partial charge is 0.314 e. The third kappa shape index (κ3) is 3.43. The largest absolute Gasteiger partial charge is 0.415 e. The maximum Gasteiger partial charge on any atom is 0.314 e. The Bertz CT molecular complexity index is 1110. The molecule has 1 spiro atoms. The summed E-state index contributed by atoms with van der Waals surface area (Å²) in [5.74, 6) is -0.566. The van der Waals surface area contributed by atoms with Crippen molar-refractivity contribution in [3.8, 4) is 11.5 Å². The summed E-state index contributed by atoms with van der Waals surface area (Å²) in [6.07, 6.45) is 5.52. The van der Waals surface area contributed by atoms with Gasteiger partial charge in [0.25, 0.3) is 11.8 Å². The van der Waals surface area contributed by atoms with Gasteiger partial charge in [-0.15, -0.1) is 10.2 Å². The van der Waals surface area contributed by atoms with E-state index in [0.717, 1.165) is 37.7 Å². The van der Waals surface area contributed by atoms with Gasteiger partial charge in [0.2, 0.25) is 11.8 Å². The van der Waals surface area contributed by atoms with Crippen LogP contribution in [-0.2, 0) is 11.3 Å². The molecule has 7 nitrogen and oxygen atoms in total. The fourth-order valence-electron chi connectivity index (χ4n) is 6.00. The van der Waals surface area contributed by atoms with Crippen LogP contribution in [0.3, 0.4) is 0 Å². The quantitative estimate of drug-likeness (QED) is 0.727. The summed E-state index contributed by atoms with van der Waals surface area (Å²) < 4.78 is 30.6. The molecule has 3 atom stereocenters. The van der Waals surface area contributed by atoms with Crippen molar-refractivity contribution < 1.29 is 22.8 Å². The van der Waals surface area contributed by atoms with E-state index < -0.39 is 12.3 Å². The van der Waals surface area contributed by atoms with Crippen molar-refractivity contribution in [3.05, 3.63) is 35.2 Å². The number of fused-ring (bicyclic) bond motifs is 1. The van der Waals surface area contributed by atoms with Crippen LogP contribution in [0.4, 0.5) is 8.78 Å². The fraction of sp³-hybridized carbons (Fsp3) is 0.583. The van der Waals surface area contributed by atoms with E-state index in [4.69, 9.17) is 4.42 Å². The maximum absolute atomic E-state index is 13.4. The third-order valence-corrected chi connectivity index (χ3v) is 8.13. The highest BCUT2D eigenvalue weighted by molar-refractivity contribution is 5.99. The van der Waals surface area contributed by atoms with Gasteiger partial charge in [-0.25, -0.2) is 0 Å². The summed E-state index contributed by atoms with van der Waals surface area (Å²) in [5.41, 5.74) is 2.12. The standard InChI is InChI=1S/C24H26F2N4O3/c25-19(26)22-29-28-21(33-22)13-6-7-14-12-30(23(32)15(14)10-13)18-5-2-1-4-17(18)27-20(31)16-11-24(16)8-3-9-24/h6-7,10,16-19H,1-5,8-9,11-12H2,(H,27,31)/t16?,17-,18-/m1/s1. The van der Waals surface area contributed by atoms with Gasteiger partial charge in [0.15, 0.2) is 0 Å². The van der Waals surface area contributed by atoms with Crippen LogP contribution in [0.1, 0.15) is 79.6 Å². The van der Waals surface area contributed by atoms with E-state index >= 15 is 0 Å². The van der Waals surface area contributed by atoms with Crippen LogP contribution in [0.25, 0.3) is 11.5 Å². The second-order valence-corrected chi connectivity index (χ2v) is 9.99. The molecular formula is C24H26F2N4O3. The minimum atomic E-state index is -2.84. The van der Waals surface area contributed by atoms with Crippen LogP contribution in [0, 0.1) is 11.3 Å². The second kappa shape index (κ2) is 7.60. The minimum absolute atomic E-state index is 0.0310. The molecular weight excluding hydrogens is 430 g/mol. The first kappa shape index (κ1) is 20.7. The number of nitrogens with one attached hydrogen (secondary N) is 1. The van der Waals surface area contributed by atoms with Crippen LogP contribution in [0.2, 0.25) is 0 Å². The molecule has 2 aromatic rings. The lowest BCUT2D eigenvalue weighted by Crippen LogP contribution is -2.54. The normalized spacial score (nSPS) is 27.5. The lowest BCUT2D eigenvalue weighted by atomic mass is 9.79. The third-order valence-electron chi connectivity index (χ3n) is 8.13. The van der Waals surface area contributed by atoms with Crippen LogP contribution < -0.4 is 5.32 Å². The number of carbonyl (C=O) groups excluding carboxylic acids is 2. The minimum Gasteiger partial charge on any atom is -0.415 e. The molecule has 0 saturated heterocycles. The molecule has 0 bridgehead atoms. The fourth-order valence-corrected chi connectivity index (χ4v) is 6.00. The van der Waals surface area contributed by atoms with Crippen molar-refractivity contribution in [2.75, 3.05) is 0 Å². The Morgan fingerprint density at radius 1 is 1.18 bits per heavy atom. The van der Waals surface area contributed by atoms with E-state index in [9.17, 15) is 18.4 Å². The van der Waals surface area contributed by atoms with Crippen LogP contribution in [0.15, 0.2) is 22.6 Å². The average molecular weight is 456 g/mol. The number of hydrogen-bond donors (Lipinski definition) is 1. The Balaban J connectivity index is 1.19. The molecule has 3 saturated carbocycles. The van der Waals surface area contributed by atoms with Crippen molar-refractivity contribution in [2.45, 2.75) is 76.4 Å². The van der Waals surface area contributed by atoms with E-state index in [1.807, 2.05) is 11.0 Å². The molecule has 3 fully saturated rings. The predicted octanol–water partition coefficient (Wildman–Crippen LogP) is 4.25. The Kier molecular flexibility index (Phi) is 4.78. The average Bonchev–Trinajstić information content (AvgIpc) is 3.24. The molecule has 9 heteroatoms. The predicted molar refractivity (Wildman–Crippen MR) is 113 cm³/mol. The van der Waals surface area contributed by atoms with Gasteiger partial charge < -0.3 is 14.6 Å². The van der Waals surface area contributed by atoms with Crippen LogP contribution >= 0.6 is 0 Å². The number of hydrogen-bond acceptors (Lipinski definition) is 5. The molecule has 1 aromatic carbocycles. The molecule has 174 valence electrons. The van der Waals surface area contributed by atoms with E-state index in [-0.39, 0.29) is 41.1 Å². The summed E-state index contributed by atoms with van der Waals surface area (Å²) in [7, 11) is 0. The number of alkyl halides is 2. The number of nitrogens with zero attached hydrogens (tertiary/aromatic N) is 3. The lowest BCUT2D eigenvalue weighted by molar-refractivity contribution is -0.125. The number of aromatic nitrogens is 2. The Hall–Kier alpha value is -2.84. The monoisotopic (exact) mass is 456 g/mol. The summed E-state index contributed by atoms with van der Waals surface area (Å²) >= 11 is 0. The van der Waals surface area contributed by atoms with Gasteiger partial charge in [0, 0.05) is 29.6 Å². The first-order chi connectivity index (χ1) is 15.9. The zero-order valence-electron chi connectivity index (χ0n) is 18.2. The van der Waals surface area contributed by atoms with Gasteiger partial charge in [-0.2, -0.15) is 8.78 Å². The van der Waals surface area contributed by atoms with Crippen molar-refractivity contribution in [1.82, 2.24) is 20.4 Å². The second-order valence-electron chi connectivity index (χ2n) is 9.99. The van der Waals surface area contributed by atoms with Crippen molar-refractivity contribution in [3.63, 3.8) is 0 Å². The lowest BCUT2D eigenvalue weighted by Gasteiger charge is -2.38. The molecule has 6 rings (SSSR count).